The van der Waals surface area contributed by atoms with Crippen LogP contribution in [0.5, 0.6) is 5.75 Å². The van der Waals surface area contributed by atoms with Crippen molar-refractivity contribution in [3.05, 3.63) is 24.3 Å². The number of carbonyl (C=O) groups excluding carboxylic acids is 2. The third-order valence-corrected chi connectivity index (χ3v) is 6.76. The molecule has 0 unspecified atom stereocenters. The van der Waals surface area contributed by atoms with Crippen molar-refractivity contribution in [2.75, 3.05) is 51.3 Å². The molecule has 2 saturated heterocycles. The summed E-state index contributed by atoms with van der Waals surface area (Å²) in [5.41, 5.74) is 1.12. The number of imide groups is 1. The smallest absolute Gasteiger partial charge is 0.229 e. The van der Waals surface area contributed by atoms with E-state index in [0.29, 0.717) is 19.4 Å². The van der Waals surface area contributed by atoms with E-state index >= 15 is 0 Å². The standard InChI is InChI=1S/C22H31N3O3.2ClH/c1-28-19-7-3-2-6-18(19)24-13-10-23(11-14-24)12-15-25-20(26)16-22(17-21(25)27)8-4-5-9-22;;/h2-3,6-7H,4-5,8-17H2,1H3;2*1H/p-2. The second-order valence-electron chi connectivity index (χ2n) is 8.50. The highest BCUT2D eigenvalue weighted by Crippen LogP contribution is 2.46. The van der Waals surface area contributed by atoms with E-state index in [2.05, 4.69) is 15.9 Å². The average molecular weight is 456 g/mol. The topological polar surface area (TPSA) is 53.1 Å². The lowest BCUT2D eigenvalue weighted by atomic mass is 9.76. The van der Waals surface area contributed by atoms with E-state index in [4.69, 9.17) is 4.74 Å². The molecule has 6 nitrogen and oxygen atoms in total. The van der Waals surface area contributed by atoms with Crippen LogP contribution >= 0.6 is 0 Å². The summed E-state index contributed by atoms with van der Waals surface area (Å²) in [5.74, 6) is 0.998. The molecular formula is C22H31Cl2N3O3-2. The maximum absolute atomic E-state index is 12.6. The molecule has 168 valence electrons. The number of anilines is 1. The number of methoxy groups -OCH3 is 1. The molecule has 3 fully saturated rings. The minimum atomic E-state index is -0.00890. The van der Waals surface area contributed by atoms with Gasteiger partial charge in [0.15, 0.2) is 0 Å². The summed E-state index contributed by atoms with van der Waals surface area (Å²) in [7, 11) is 1.71. The van der Waals surface area contributed by atoms with Gasteiger partial charge in [-0.1, -0.05) is 25.0 Å². The molecule has 2 aliphatic heterocycles. The van der Waals surface area contributed by atoms with Crippen molar-refractivity contribution in [2.45, 2.75) is 38.5 Å². The van der Waals surface area contributed by atoms with Crippen LogP contribution in [0.1, 0.15) is 38.5 Å². The quantitative estimate of drug-likeness (QED) is 0.432. The molecule has 1 saturated carbocycles. The van der Waals surface area contributed by atoms with Crippen LogP contribution in [0.4, 0.5) is 5.69 Å². The van der Waals surface area contributed by atoms with Crippen LogP contribution in [0.25, 0.3) is 0 Å². The molecule has 30 heavy (non-hydrogen) atoms. The third-order valence-electron chi connectivity index (χ3n) is 6.76. The second-order valence-corrected chi connectivity index (χ2v) is 8.50. The van der Waals surface area contributed by atoms with Crippen molar-refractivity contribution < 1.29 is 39.1 Å². The van der Waals surface area contributed by atoms with Gasteiger partial charge in [0.1, 0.15) is 5.75 Å². The number of piperazine rings is 1. The number of carbonyl (C=O) groups is 2. The predicted octanol–water partition coefficient (Wildman–Crippen LogP) is -3.47. The third kappa shape index (κ3) is 5.21. The maximum Gasteiger partial charge on any atom is 0.229 e. The Balaban J connectivity index is 0.00000160. The lowest BCUT2D eigenvalue weighted by molar-refractivity contribution is -0.153. The normalized spacial score (nSPS) is 21.4. The molecule has 3 aliphatic rings. The molecule has 0 atom stereocenters. The Labute approximate surface area is 191 Å². The lowest BCUT2D eigenvalue weighted by Gasteiger charge is -2.39. The second kappa shape index (κ2) is 10.7. The molecule has 2 amide bonds. The van der Waals surface area contributed by atoms with Gasteiger partial charge in [0, 0.05) is 52.1 Å². The Morgan fingerprint density at radius 1 is 0.900 bits per heavy atom. The summed E-state index contributed by atoms with van der Waals surface area (Å²) in [4.78, 5) is 31.4. The van der Waals surface area contributed by atoms with E-state index in [1.807, 2.05) is 18.2 Å². The Morgan fingerprint density at radius 3 is 2.10 bits per heavy atom. The maximum atomic E-state index is 12.6. The Kier molecular flexibility index (Phi) is 8.83. The average Bonchev–Trinajstić information content (AvgIpc) is 3.15. The van der Waals surface area contributed by atoms with E-state index in [0.717, 1.165) is 69.8 Å². The number of nitrogens with zero attached hydrogens (tertiary/aromatic N) is 3. The van der Waals surface area contributed by atoms with Crippen LogP contribution in [0.3, 0.4) is 0 Å². The van der Waals surface area contributed by atoms with Crippen LogP contribution in [0, 0.1) is 5.41 Å². The molecule has 1 spiro atoms. The minimum Gasteiger partial charge on any atom is -1.00 e. The number of amides is 2. The van der Waals surface area contributed by atoms with Crippen LogP contribution in [-0.2, 0) is 9.59 Å². The van der Waals surface area contributed by atoms with Crippen molar-refractivity contribution >= 4 is 17.5 Å². The fraction of sp³-hybridized carbons (Fsp3) is 0.636. The van der Waals surface area contributed by atoms with Gasteiger partial charge in [-0.3, -0.25) is 19.4 Å². The highest BCUT2D eigenvalue weighted by atomic mass is 35.5. The zero-order valence-electron chi connectivity index (χ0n) is 17.6. The SMILES string of the molecule is COc1ccccc1N1CCN(CCN2C(=O)CC3(CCCC3)CC2=O)CC1.[Cl-].[Cl-]. The minimum absolute atomic E-state index is 0. The highest BCUT2D eigenvalue weighted by molar-refractivity contribution is 5.98. The number of hydrogen-bond donors (Lipinski definition) is 0. The number of para-hydroxylation sites is 2. The molecular weight excluding hydrogens is 425 g/mol. The van der Waals surface area contributed by atoms with Crippen molar-refractivity contribution in [3.63, 3.8) is 0 Å². The predicted molar refractivity (Wildman–Crippen MR) is 109 cm³/mol. The van der Waals surface area contributed by atoms with E-state index in [1.165, 1.54) is 4.90 Å². The molecule has 1 aromatic rings. The van der Waals surface area contributed by atoms with E-state index in [9.17, 15) is 9.59 Å². The molecule has 1 aromatic carbocycles. The number of piperidine rings is 1. The van der Waals surface area contributed by atoms with Gasteiger partial charge in [-0.05, 0) is 30.4 Å². The Hall–Kier alpha value is -1.50. The van der Waals surface area contributed by atoms with Crippen LogP contribution in [-0.4, -0.2) is 68.0 Å². The molecule has 1 aliphatic carbocycles. The van der Waals surface area contributed by atoms with E-state index in [1.54, 1.807) is 7.11 Å². The van der Waals surface area contributed by atoms with Gasteiger partial charge in [-0.15, -0.1) is 0 Å². The largest absolute Gasteiger partial charge is 1.00 e. The van der Waals surface area contributed by atoms with E-state index in [-0.39, 0.29) is 42.0 Å². The number of benzene rings is 1. The molecule has 2 heterocycles. The van der Waals surface area contributed by atoms with Crippen molar-refractivity contribution in [1.82, 2.24) is 9.80 Å². The first-order valence-corrected chi connectivity index (χ1v) is 10.5. The number of ether oxygens (including phenoxy) is 1. The van der Waals surface area contributed by atoms with Crippen molar-refractivity contribution in [3.8, 4) is 5.75 Å². The van der Waals surface area contributed by atoms with Gasteiger partial charge < -0.3 is 34.5 Å². The van der Waals surface area contributed by atoms with Gasteiger partial charge >= 0.3 is 0 Å². The first-order chi connectivity index (χ1) is 13.6. The molecule has 0 N–H and O–H groups in total. The van der Waals surface area contributed by atoms with Crippen molar-refractivity contribution in [2.24, 2.45) is 5.41 Å². The van der Waals surface area contributed by atoms with E-state index < -0.39 is 0 Å². The number of rotatable bonds is 5. The molecule has 8 heteroatoms. The van der Waals surface area contributed by atoms with Gasteiger partial charge in [0.05, 0.1) is 12.8 Å². The summed E-state index contributed by atoms with van der Waals surface area (Å²) >= 11 is 0. The van der Waals surface area contributed by atoms with Crippen molar-refractivity contribution in [1.29, 1.82) is 0 Å². The zero-order chi connectivity index (χ0) is 19.6. The summed E-state index contributed by atoms with van der Waals surface area (Å²) < 4.78 is 5.48. The summed E-state index contributed by atoms with van der Waals surface area (Å²) in [6, 6.07) is 8.11. The van der Waals surface area contributed by atoms with Gasteiger partial charge in [0.2, 0.25) is 11.8 Å². The van der Waals surface area contributed by atoms with Gasteiger partial charge in [0.25, 0.3) is 0 Å². The summed E-state index contributed by atoms with van der Waals surface area (Å²) in [6.45, 7) is 5.00. The lowest BCUT2D eigenvalue weighted by Crippen LogP contribution is -3.00. The summed E-state index contributed by atoms with van der Waals surface area (Å²) in [6.07, 6.45) is 5.56. The number of hydrogen-bond acceptors (Lipinski definition) is 5. The summed E-state index contributed by atoms with van der Waals surface area (Å²) in [5, 5.41) is 0. The van der Waals surface area contributed by atoms with Crippen LogP contribution in [0.15, 0.2) is 24.3 Å². The fourth-order valence-corrected chi connectivity index (χ4v) is 5.11. The number of halogens is 2. The van der Waals surface area contributed by atoms with Gasteiger partial charge in [-0.2, -0.15) is 0 Å². The molecule has 0 bridgehead atoms. The first-order valence-electron chi connectivity index (χ1n) is 10.5. The molecule has 0 radical (unpaired) electrons. The first kappa shape index (κ1) is 24.8. The monoisotopic (exact) mass is 455 g/mol. The Bertz CT molecular complexity index is 712. The molecule has 4 rings (SSSR count). The zero-order valence-corrected chi connectivity index (χ0v) is 19.1. The van der Waals surface area contributed by atoms with Crippen LogP contribution in [0.2, 0.25) is 0 Å². The Morgan fingerprint density at radius 2 is 1.50 bits per heavy atom. The highest BCUT2D eigenvalue weighted by Gasteiger charge is 2.44. The number of likely N-dealkylation sites (tertiary alicyclic amines) is 1. The van der Waals surface area contributed by atoms with Gasteiger partial charge in [-0.25, -0.2) is 0 Å². The fourth-order valence-electron chi connectivity index (χ4n) is 5.11. The molecule has 0 aromatic heterocycles. The van der Waals surface area contributed by atoms with Crippen LogP contribution < -0.4 is 34.5 Å².